The van der Waals surface area contributed by atoms with Gasteiger partial charge in [0.05, 0.1) is 34.3 Å². The molecule has 0 spiro atoms. The van der Waals surface area contributed by atoms with Gasteiger partial charge in [-0.15, -0.1) is 26.3 Å². The first-order valence-corrected chi connectivity index (χ1v) is 15.4. The molecule has 2 aromatic carbocycles. The van der Waals surface area contributed by atoms with Gasteiger partial charge in [0.1, 0.15) is 11.5 Å². The molecule has 0 aliphatic rings. The fraction of sp³-hybridized carbons (Fsp3) is 0.216. The van der Waals surface area contributed by atoms with E-state index >= 15 is 0 Å². The molecule has 0 N–H and O–H groups in total. The molecule has 7 nitrogen and oxygen atoms in total. The van der Waals surface area contributed by atoms with Crippen molar-refractivity contribution in [2.45, 2.75) is 51.2 Å². The zero-order valence-corrected chi connectivity index (χ0v) is 26.6. The number of ketones is 1. The van der Waals surface area contributed by atoms with Gasteiger partial charge in [0.15, 0.2) is 5.78 Å². The molecule has 4 aromatic heterocycles. The summed E-state index contributed by atoms with van der Waals surface area (Å²) in [6.07, 6.45) is -6.73. The molecule has 0 radical (unpaired) electrons. The Hall–Kier alpha value is -5.59. The second kappa shape index (κ2) is 13.7. The predicted octanol–water partition coefficient (Wildman–Crippen LogP) is 8.91. The number of halogens is 6. The van der Waals surface area contributed by atoms with Crippen molar-refractivity contribution in [3.05, 3.63) is 131 Å². The zero-order chi connectivity index (χ0) is 35.6. The summed E-state index contributed by atoms with van der Waals surface area (Å²) in [4.78, 5) is 32.9. The van der Waals surface area contributed by atoms with Gasteiger partial charge in [0, 0.05) is 34.6 Å². The quantitative estimate of drug-likeness (QED) is 0.133. The van der Waals surface area contributed by atoms with Gasteiger partial charge in [0.25, 0.3) is 0 Å². The summed E-state index contributed by atoms with van der Waals surface area (Å²) in [6, 6.07) is 21.4. The van der Waals surface area contributed by atoms with Crippen molar-refractivity contribution in [2.75, 3.05) is 0 Å². The summed E-state index contributed by atoms with van der Waals surface area (Å²) in [5.74, 6) is -3.01. The molecule has 50 heavy (non-hydrogen) atoms. The Bertz CT molecular complexity index is 2040. The van der Waals surface area contributed by atoms with Crippen LogP contribution in [0.25, 0.3) is 21.8 Å². The summed E-state index contributed by atoms with van der Waals surface area (Å²) in [7, 11) is 0. The largest absolute Gasteiger partial charge is 0.573 e. The number of nitrogens with zero attached hydrogens (tertiary/aromatic N) is 4. The van der Waals surface area contributed by atoms with E-state index in [0.29, 0.717) is 55.7 Å². The van der Waals surface area contributed by atoms with E-state index in [9.17, 15) is 31.1 Å². The summed E-state index contributed by atoms with van der Waals surface area (Å²) in [5.41, 5.74) is 4.01. The highest BCUT2D eigenvalue weighted by atomic mass is 19.4. The molecule has 0 fully saturated rings. The highest BCUT2D eigenvalue weighted by Gasteiger charge is 2.34. The Morgan fingerprint density at radius 1 is 0.620 bits per heavy atom. The molecule has 256 valence electrons. The first kappa shape index (κ1) is 34.3. The van der Waals surface area contributed by atoms with Gasteiger partial charge < -0.3 is 9.47 Å². The van der Waals surface area contributed by atoms with Crippen molar-refractivity contribution in [1.29, 1.82) is 0 Å². The van der Waals surface area contributed by atoms with Crippen LogP contribution in [0.5, 0.6) is 11.5 Å². The SMILES string of the molecule is Cc1cccc(C(Cc2ccnc3ccc(OC(F)(F)F)cc23)C(=O)C(Cc2ccnc3ccc(OC(F)(F)F)cc23)c2cccc(C)n2)n1. The van der Waals surface area contributed by atoms with Gasteiger partial charge >= 0.3 is 12.7 Å². The van der Waals surface area contributed by atoms with Gasteiger partial charge in [-0.25, -0.2) is 0 Å². The highest BCUT2D eigenvalue weighted by molar-refractivity contribution is 5.93. The number of hydrogen-bond donors (Lipinski definition) is 0. The molecule has 0 aliphatic carbocycles. The van der Waals surface area contributed by atoms with Crippen LogP contribution < -0.4 is 9.47 Å². The minimum Gasteiger partial charge on any atom is -0.406 e. The summed E-state index contributed by atoms with van der Waals surface area (Å²) < 4.78 is 87.0. The average Bonchev–Trinajstić information content (AvgIpc) is 3.04. The molecule has 6 rings (SSSR count). The number of ether oxygens (including phenoxy) is 2. The third-order valence-electron chi connectivity index (χ3n) is 8.14. The van der Waals surface area contributed by atoms with Crippen LogP contribution in [0.15, 0.2) is 97.3 Å². The first-order chi connectivity index (χ1) is 23.7. The number of carbonyl (C=O) groups excluding carboxylic acids is 1. The number of carbonyl (C=O) groups is 1. The van der Waals surface area contributed by atoms with E-state index in [2.05, 4.69) is 29.4 Å². The Kier molecular flexibility index (Phi) is 9.41. The number of fused-ring (bicyclic) bond motifs is 2. The number of pyridine rings is 4. The minimum atomic E-state index is -4.91. The molecule has 6 aromatic rings. The molecule has 0 aliphatic heterocycles. The van der Waals surface area contributed by atoms with E-state index in [1.165, 1.54) is 48.8 Å². The molecule has 4 heterocycles. The lowest BCUT2D eigenvalue weighted by molar-refractivity contribution is -0.275. The lowest BCUT2D eigenvalue weighted by Crippen LogP contribution is -2.26. The van der Waals surface area contributed by atoms with Gasteiger partial charge in [0.2, 0.25) is 0 Å². The van der Waals surface area contributed by atoms with Crippen molar-refractivity contribution < 1.29 is 40.6 Å². The van der Waals surface area contributed by atoms with Crippen LogP contribution >= 0.6 is 0 Å². The molecular formula is C37H28F6N4O3. The van der Waals surface area contributed by atoms with Crippen LogP contribution in [0.4, 0.5) is 26.3 Å². The van der Waals surface area contributed by atoms with Crippen molar-refractivity contribution in [2.24, 2.45) is 0 Å². The van der Waals surface area contributed by atoms with Crippen LogP contribution in [0.1, 0.15) is 45.7 Å². The molecule has 2 unspecified atom stereocenters. The normalized spacial score (nSPS) is 13.3. The lowest BCUT2D eigenvalue weighted by atomic mass is 9.80. The number of rotatable bonds is 10. The Morgan fingerprint density at radius 3 is 1.42 bits per heavy atom. The maximum absolute atomic E-state index is 15.0. The fourth-order valence-corrected chi connectivity index (χ4v) is 6.02. The Morgan fingerprint density at radius 2 is 1.04 bits per heavy atom. The fourth-order valence-electron chi connectivity index (χ4n) is 6.02. The topological polar surface area (TPSA) is 87.1 Å². The van der Waals surface area contributed by atoms with Crippen LogP contribution in [0, 0.1) is 13.8 Å². The van der Waals surface area contributed by atoms with Gasteiger partial charge in [-0.1, -0.05) is 12.1 Å². The maximum Gasteiger partial charge on any atom is 0.573 e. The van der Waals surface area contributed by atoms with Crippen LogP contribution in [-0.4, -0.2) is 38.4 Å². The second-order valence-corrected chi connectivity index (χ2v) is 11.7. The molecule has 0 amide bonds. The van der Waals surface area contributed by atoms with Gasteiger partial charge in [-0.2, -0.15) is 0 Å². The molecule has 13 heteroatoms. The zero-order valence-electron chi connectivity index (χ0n) is 26.6. The standard InChI is InChI=1S/C37H28F6N4O3/c1-21-5-3-7-33(46-21)29(17-23-13-15-44-31-11-9-25(19-27(23)31)49-36(38,39)40)35(48)30(34-8-4-6-22(2)47-34)18-24-14-16-45-32-12-10-26(20-28(24)32)50-37(41,42)43/h3-16,19-20,29-30H,17-18H2,1-2H3. The third-order valence-corrected chi connectivity index (χ3v) is 8.14. The van der Waals surface area contributed by atoms with E-state index in [1.807, 2.05) is 0 Å². The predicted molar refractivity (Wildman–Crippen MR) is 173 cm³/mol. The van der Waals surface area contributed by atoms with Crippen molar-refractivity contribution in [3.63, 3.8) is 0 Å². The van der Waals surface area contributed by atoms with Crippen molar-refractivity contribution >= 4 is 27.6 Å². The molecule has 0 bridgehead atoms. The Labute approximate surface area is 282 Å². The number of benzene rings is 2. The van der Waals surface area contributed by atoms with E-state index in [4.69, 9.17) is 0 Å². The second-order valence-electron chi connectivity index (χ2n) is 11.7. The average molecular weight is 691 g/mol. The molecule has 2 atom stereocenters. The van der Waals surface area contributed by atoms with E-state index in [1.54, 1.807) is 62.4 Å². The van der Waals surface area contributed by atoms with Crippen LogP contribution in [0.2, 0.25) is 0 Å². The summed E-state index contributed by atoms with van der Waals surface area (Å²) >= 11 is 0. The number of Topliss-reactive ketones (excluding diaryl/α,β-unsaturated/α-hetero) is 1. The minimum absolute atomic E-state index is 0.0345. The van der Waals surface area contributed by atoms with E-state index in [-0.39, 0.29) is 18.6 Å². The van der Waals surface area contributed by atoms with Gasteiger partial charge in [-0.05, 0) is 111 Å². The molecule has 0 saturated carbocycles. The van der Waals surface area contributed by atoms with Gasteiger partial charge in [-0.3, -0.25) is 24.7 Å². The summed E-state index contributed by atoms with van der Waals surface area (Å²) in [6.45, 7) is 3.55. The third kappa shape index (κ3) is 8.16. The van der Waals surface area contributed by atoms with E-state index in [0.717, 1.165) is 0 Å². The lowest BCUT2D eigenvalue weighted by Gasteiger charge is -2.24. The first-order valence-electron chi connectivity index (χ1n) is 15.4. The van der Waals surface area contributed by atoms with E-state index < -0.39 is 36.1 Å². The highest BCUT2D eigenvalue weighted by Crippen LogP contribution is 2.36. The van der Waals surface area contributed by atoms with Crippen molar-refractivity contribution in [1.82, 2.24) is 19.9 Å². The Balaban J connectivity index is 1.46. The smallest absolute Gasteiger partial charge is 0.406 e. The van der Waals surface area contributed by atoms with Crippen molar-refractivity contribution in [3.8, 4) is 11.5 Å². The number of alkyl halides is 6. The maximum atomic E-state index is 15.0. The summed E-state index contributed by atoms with van der Waals surface area (Å²) in [5, 5.41) is 0.726. The number of aromatic nitrogens is 4. The van der Waals surface area contributed by atoms with Crippen LogP contribution in [-0.2, 0) is 17.6 Å². The molecule has 0 saturated heterocycles. The number of aryl methyl sites for hydroxylation is 2. The van der Waals surface area contributed by atoms with Crippen LogP contribution in [0.3, 0.4) is 0 Å². The molecular weight excluding hydrogens is 662 g/mol. The number of hydrogen-bond acceptors (Lipinski definition) is 7. The monoisotopic (exact) mass is 690 g/mol.